The van der Waals surface area contributed by atoms with Crippen molar-refractivity contribution in [2.45, 2.75) is 32.2 Å². The number of carbonyl (C=O) groups is 1. The Bertz CT molecular complexity index is 783. The molecule has 3 fully saturated rings. The monoisotopic (exact) mass is 348 g/mol. The van der Waals surface area contributed by atoms with Gasteiger partial charge in [0.1, 0.15) is 0 Å². The number of fused-ring (bicyclic) bond motifs is 4. The molecule has 1 amide bonds. The van der Waals surface area contributed by atoms with Crippen molar-refractivity contribution >= 4 is 5.91 Å². The van der Waals surface area contributed by atoms with Crippen molar-refractivity contribution in [3.63, 3.8) is 0 Å². The lowest BCUT2D eigenvalue weighted by molar-refractivity contribution is 0.0586. The highest BCUT2D eigenvalue weighted by Gasteiger charge is 2.36. The summed E-state index contributed by atoms with van der Waals surface area (Å²) in [6.07, 6.45) is 3.20. The summed E-state index contributed by atoms with van der Waals surface area (Å²) < 4.78 is 0. The molecule has 3 heteroatoms. The Hall–Kier alpha value is -2.13. The van der Waals surface area contributed by atoms with E-state index in [-0.39, 0.29) is 5.91 Å². The molecule has 3 heterocycles. The normalized spacial score (nSPS) is 23.1. The molecular formula is C23H28N2O. The summed E-state index contributed by atoms with van der Waals surface area (Å²) in [5, 5.41) is 0. The van der Waals surface area contributed by atoms with Gasteiger partial charge in [-0.2, -0.15) is 0 Å². The molecule has 0 radical (unpaired) electrons. The molecule has 0 aromatic heterocycles. The number of hydrogen-bond acceptors (Lipinski definition) is 2. The summed E-state index contributed by atoms with van der Waals surface area (Å²) >= 11 is 0. The number of aryl methyl sites for hydroxylation is 1. The molecule has 2 aromatic rings. The van der Waals surface area contributed by atoms with Crippen LogP contribution in [0.3, 0.4) is 0 Å². The van der Waals surface area contributed by atoms with Crippen molar-refractivity contribution in [3.8, 4) is 0 Å². The number of likely N-dealkylation sites (N-methyl/N-ethyl adjacent to an activating group) is 1. The van der Waals surface area contributed by atoms with Gasteiger partial charge in [-0.05, 0) is 56.3 Å². The lowest BCUT2D eigenvalue weighted by Gasteiger charge is -2.36. The van der Waals surface area contributed by atoms with E-state index in [4.69, 9.17) is 0 Å². The molecule has 3 aliphatic rings. The fraction of sp³-hybridized carbons (Fsp3) is 0.435. The fourth-order valence-corrected chi connectivity index (χ4v) is 4.53. The highest BCUT2D eigenvalue weighted by molar-refractivity contribution is 5.96. The minimum absolute atomic E-state index is 0.220. The lowest BCUT2D eigenvalue weighted by atomic mass is 9.93. The largest absolute Gasteiger partial charge is 0.334 e. The van der Waals surface area contributed by atoms with Crippen molar-refractivity contribution in [1.29, 1.82) is 0 Å². The fourth-order valence-electron chi connectivity index (χ4n) is 4.53. The van der Waals surface area contributed by atoms with E-state index in [0.717, 1.165) is 43.6 Å². The van der Waals surface area contributed by atoms with Crippen LogP contribution in [0.25, 0.3) is 0 Å². The van der Waals surface area contributed by atoms with Gasteiger partial charge in [-0.25, -0.2) is 0 Å². The molecular weight excluding hydrogens is 320 g/mol. The quantitative estimate of drug-likeness (QED) is 0.843. The first kappa shape index (κ1) is 17.3. The smallest absolute Gasteiger partial charge is 0.254 e. The molecule has 2 bridgehead atoms. The number of nitrogens with zero attached hydrogens (tertiary/aromatic N) is 2. The number of hydrogen-bond donors (Lipinski definition) is 0. The second kappa shape index (κ2) is 7.24. The van der Waals surface area contributed by atoms with Gasteiger partial charge in [0.2, 0.25) is 0 Å². The third-order valence-corrected chi connectivity index (χ3v) is 5.92. The van der Waals surface area contributed by atoms with Gasteiger partial charge in [-0.1, -0.05) is 48.0 Å². The predicted molar refractivity (Wildman–Crippen MR) is 105 cm³/mol. The van der Waals surface area contributed by atoms with Crippen LogP contribution in [0.4, 0.5) is 0 Å². The highest BCUT2D eigenvalue weighted by Crippen LogP contribution is 2.29. The van der Waals surface area contributed by atoms with E-state index < -0.39 is 0 Å². The third-order valence-electron chi connectivity index (χ3n) is 5.92. The molecule has 3 saturated heterocycles. The van der Waals surface area contributed by atoms with Gasteiger partial charge in [-0.3, -0.25) is 4.79 Å². The van der Waals surface area contributed by atoms with E-state index in [1.54, 1.807) is 0 Å². The topological polar surface area (TPSA) is 23.6 Å². The molecule has 136 valence electrons. The van der Waals surface area contributed by atoms with Crippen LogP contribution in [0, 0.1) is 12.8 Å². The first-order valence-electron chi connectivity index (χ1n) is 9.73. The van der Waals surface area contributed by atoms with E-state index in [0.29, 0.717) is 12.0 Å². The molecule has 2 aromatic carbocycles. The average Bonchev–Trinajstić information content (AvgIpc) is 2.92. The van der Waals surface area contributed by atoms with Gasteiger partial charge in [0, 0.05) is 31.2 Å². The highest BCUT2D eigenvalue weighted by atomic mass is 16.2. The van der Waals surface area contributed by atoms with Crippen LogP contribution < -0.4 is 0 Å². The molecule has 0 saturated carbocycles. The molecule has 3 nitrogen and oxygen atoms in total. The molecule has 0 aliphatic carbocycles. The molecule has 0 N–H and O–H groups in total. The number of carbonyl (C=O) groups excluding carboxylic acids is 1. The first-order valence-corrected chi connectivity index (χ1v) is 9.73. The lowest BCUT2D eigenvalue weighted by Crippen LogP contribution is -2.47. The minimum Gasteiger partial charge on any atom is -0.334 e. The zero-order chi connectivity index (χ0) is 18.1. The maximum atomic E-state index is 13.4. The molecule has 26 heavy (non-hydrogen) atoms. The Morgan fingerprint density at radius 2 is 1.77 bits per heavy atom. The summed E-state index contributed by atoms with van der Waals surface area (Å²) in [6.45, 7) is 5.13. The summed E-state index contributed by atoms with van der Waals surface area (Å²) in [5.74, 6) is 0.838. The second-order valence-corrected chi connectivity index (χ2v) is 8.10. The summed E-state index contributed by atoms with van der Waals surface area (Å²) in [7, 11) is 2.19. The van der Waals surface area contributed by atoms with Crippen molar-refractivity contribution in [1.82, 2.24) is 9.80 Å². The van der Waals surface area contributed by atoms with Gasteiger partial charge >= 0.3 is 0 Å². The molecule has 2 atom stereocenters. The van der Waals surface area contributed by atoms with Crippen LogP contribution in [-0.2, 0) is 6.42 Å². The van der Waals surface area contributed by atoms with E-state index in [2.05, 4.69) is 54.1 Å². The van der Waals surface area contributed by atoms with E-state index in [1.807, 2.05) is 18.2 Å². The first-order chi connectivity index (χ1) is 12.6. The Kier molecular flexibility index (Phi) is 4.82. The standard InChI is InChI=1S/C23H28N2O/c1-17-7-9-18(10-8-17)13-20-5-3-4-6-22(20)23(26)25-15-19-11-12-21(25)16-24(2)14-19/h3-10,19,21H,11-16H2,1-2H3/t19-,21+/m1/s1. The predicted octanol–water partition coefficient (Wildman–Crippen LogP) is 3.75. The number of rotatable bonds is 3. The Morgan fingerprint density at radius 1 is 1.00 bits per heavy atom. The van der Waals surface area contributed by atoms with Crippen LogP contribution in [0.2, 0.25) is 0 Å². The van der Waals surface area contributed by atoms with Crippen LogP contribution in [0.5, 0.6) is 0 Å². The van der Waals surface area contributed by atoms with Gasteiger partial charge in [-0.15, -0.1) is 0 Å². The van der Waals surface area contributed by atoms with Gasteiger partial charge < -0.3 is 9.80 Å². The van der Waals surface area contributed by atoms with E-state index >= 15 is 0 Å². The average molecular weight is 348 g/mol. The Morgan fingerprint density at radius 3 is 2.58 bits per heavy atom. The van der Waals surface area contributed by atoms with Crippen molar-refractivity contribution in [2.24, 2.45) is 5.92 Å². The van der Waals surface area contributed by atoms with Crippen LogP contribution in [-0.4, -0.2) is 48.4 Å². The van der Waals surface area contributed by atoms with Gasteiger partial charge in [0.15, 0.2) is 0 Å². The molecule has 0 unspecified atom stereocenters. The van der Waals surface area contributed by atoms with Gasteiger partial charge in [0.25, 0.3) is 5.91 Å². The van der Waals surface area contributed by atoms with Crippen LogP contribution in [0.15, 0.2) is 48.5 Å². The van der Waals surface area contributed by atoms with Crippen molar-refractivity contribution in [3.05, 3.63) is 70.8 Å². The SMILES string of the molecule is Cc1ccc(Cc2ccccc2C(=O)N2C[C@@H]3CC[C@H]2CN(C)C3)cc1. The summed E-state index contributed by atoms with van der Waals surface area (Å²) in [4.78, 5) is 18.0. The maximum Gasteiger partial charge on any atom is 0.254 e. The van der Waals surface area contributed by atoms with Crippen LogP contribution >= 0.6 is 0 Å². The van der Waals surface area contributed by atoms with Crippen LogP contribution in [0.1, 0.15) is 39.9 Å². The number of piperidine rings is 1. The minimum atomic E-state index is 0.220. The molecule has 5 rings (SSSR count). The third kappa shape index (κ3) is 3.54. The second-order valence-electron chi connectivity index (χ2n) is 8.10. The summed E-state index contributed by atoms with van der Waals surface area (Å²) in [5.41, 5.74) is 4.54. The Balaban J connectivity index is 1.59. The molecule has 3 aliphatic heterocycles. The van der Waals surface area contributed by atoms with E-state index in [9.17, 15) is 4.79 Å². The maximum absolute atomic E-state index is 13.4. The van der Waals surface area contributed by atoms with E-state index in [1.165, 1.54) is 17.5 Å². The summed E-state index contributed by atoms with van der Waals surface area (Å²) in [6, 6.07) is 17.1. The van der Waals surface area contributed by atoms with Gasteiger partial charge in [0.05, 0.1) is 0 Å². The Labute approximate surface area is 156 Å². The van der Waals surface area contributed by atoms with Crippen molar-refractivity contribution < 1.29 is 4.79 Å². The van der Waals surface area contributed by atoms with Crippen molar-refractivity contribution in [2.75, 3.05) is 26.7 Å². The molecule has 0 spiro atoms. The number of amides is 1. The zero-order valence-corrected chi connectivity index (χ0v) is 15.8. The number of benzene rings is 2. The zero-order valence-electron chi connectivity index (χ0n) is 15.8.